The van der Waals surface area contributed by atoms with Gasteiger partial charge in [-0.05, 0) is 31.2 Å². The molecular formula is C9H19N3O. The van der Waals surface area contributed by atoms with E-state index in [0.29, 0.717) is 5.41 Å². The summed E-state index contributed by atoms with van der Waals surface area (Å²) in [4.78, 5) is 12.8. The Hall–Kier alpha value is -0.770. The molecule has 0 unspecified atom stereocenters. The van der Waals surface area contributed by atoms with Crippen LogP contribution in [0.1, 0.15) is 19.3 Å². The highest BCUT2D eigenvalue weighted by atomic mass is 16.2. The Morgan fingerprint density at radius 2 is 2.15 bits per heavy atom. The highest BCUT2D eigenvalue weighted by Gasteiger charge is 2.41. The van der Waals surface area contributed by atoms with Crippen LogP contribution in [0.5, 0.6) is 0 Å². The molecule has 0 aromatic rings. The standard InChI is InChI=1S/C9H19N3O/c1-12(2)8(13)11-7-9(3-4-9)5-6-10/h3-7,10H2,1-2H3,(H,11,13). The van der Waals surface area contributed by atoms with Crippen LogP contribution >= 0.6 is 0 Å². The number of nitrogens with one attached hydrogen (secondary N) is 1. The highest BCUT2D eigenvalue weighted by Crippen LogP contribution is 2.47. The average molecular weight is 185 g/mol. The van der Waals surface area contributed by atoms with Crippen molar-refractivity contribution in [2.24, 2.45) is 11.1 Å². The van der Waals surface area contributed by atoms with Gasteiger partial charge in [0.1, 0.15) is 0 Å². The van der Waals surface area contributed by atoms with Crippen molar-refractivity contribution < 1.29 is 4.79 Å². The van der Waals surface area contributed by atoms with E-state index in [9.17, 15) is 4.79 Å². The number of carbonyl (C=O) groups is 1. The fraction of sp³-hybridized carbons (Fsp3) is 0.889. The summed E-state index contributed by atoms with van der Waals surface area (Å²) in [5.74, 6) is 0. The number of urea groups is 1. The smallest absolute Gasteiger partial charge is 0.316 e. The van der Waals surface area contributed by atoms with E-state index in [2.05, 4.69) is 5.32 Å². The summed E-state index contributed by atoms with van der Waals surface area (Å²) in [5.41, 5.74) is 5.83. The molecule has 0 radical (unpaired) electrons. The van der Waals surface area contributed by atoms with Gasteiger partial charge in [0.25, 0.3) is 0 Å². The van der Waals surface area contributed by atoms with Crippen LogP contribution in [-0.4, -0.2) is 38.1 Å². The van der Waals surface area contributed by atoms with Crippen molar-refractivity contribution in [3.63, 3.8) is 0 Å². The van der Waals surface area contributed by atoms with E-state index in [-0.39, 0.29) is 6.03 Å². The predicted molar refractivity (Wildman–Crippen MR) is 52.4 cm³/mol. The molecule has 0 bridgehead atoms. The SMILES string of the molecule is CN(C)C(=O)NCC1(CCN)CC1. The highest BCUT2D eigenvalue weighted by molar-refractivity contribution is 5.73. The van der Waals surface area contributed by atoms with Crippen LogP contribution in [0.25, 0.3) is 0 Å². The minimum Gasteiger partial charge on any atom is -0.337 e. The molecule has 0 aromatic carbocycles. The molecule has 1 aliphatic rings. The third-order valence-corrected chi connectivity index (χ3v) is 2.65. The Bertz CT molecular complexity index is 187. The molecule has 0 aromatic heterocycles. The van der Waals surface area contributed by atoms with Crippen molar-refractivity contribution in [2.75, 3.05) is 27.2 Å². The van der Waals surface area contributed by atoms with Crippen molar-refractivity contribution in [1.29, 1.82) is 0 Å². The second-order valence-electron chi connectivity index (χ2n) is 4.09. The first-order valence-corrected chi connectivity index (χ1v) is 4.75. The Kier molecular flexibility index (Phi) is 3.14. The van der Waals surface area contributed by atoms with E-state index in [0.717, 1.165) is 19.5 Å². The quantitative estimate of drug-likeness (QED) is 0.665. The molecule has 0 aliphatic heterocycles. The first kappa shape index (κ1) is 10.3. The van der Waals surface area contributed by atoms with Crippen LogP contribution in [0.4, 0.5) is 4.79 Å². The Morgan fingerprint density at radius 3 is 2.54 bits per heavy atom. The molecule has 2 amide bonds. The summed E-state index contributed by atoms with van der Waals surface area (Å²) in [7, 11) is 3.50. The van der Waals surface area contributed by atoms with Crippen molar-refractivity contribution in [1.82, 2.24) is 10.2 Å². The van der Waals surface area contributed by atoms with Gasteiger partial charge >= 0.3 is 6.03 Å². The van der Waals surface area contributed by atoms with E-state index in [1.165, 1.54) is 12.8 Å². The topological polar surface area (TPSA) is 58.4 Å². The molecule has 13 heavy (non-hydrogen) atoms. The van der Waals surface area contributed by atoms with Crippen LogP contribution in [0.3, 0.4) is 0 Å². The number of amides is 2. The largest absolute Gasteiger partial charge is 0.337 e. The minimum absolute atomic E-state index is 0.0108. The van der Waals surface area contributed by atoms with Crippen molar-refractivity contribution in [3.8, 4) is 0 Å². The lowest BCUT2D eigenvalue weighted by atomic mass is 10.0. The molecule has 1 rings (SSSR count). The van der Waals surface area contributed by atoms with Gasteiger partial charge in [-0.2, -0.15) is 0 Å². The van der Waals surface area contributed by atoms with E-state index < -0.39 is 0 Å². The number of nitrogens with zero attached hydrogens (tertiary/aromatic N) is 1. The zero-order valence-corrected chi connectivity index (χ0v) is 8.47. The second kappa shape index (κ2) is 3.96. The molecule has 0 heterocycles. The van der Waals surface area contributed by atoms with Gasteiger partial charge in [0, 0.05) is 20.6 Å². The predicted octanol–water partition coefficient (Wildman–Crippen LogP) is 0.387. The summed E-state index contributed by atoms with van der Waals surface area (Å²) >= 11 is 0. The average Bonchev–Trinajstić information content (AvgIpc) is 2.82. The fourth-order valence-corrected chi connectivity index (χ4v) is 1.42. The van der Waals surface area contributed by atoms with Gasteiger partial charge in [0.2, 0.25) is 0 Å². The van der Waals surface area contributed by atoms with Gasteiger partial charge in [0.15, 0.2) is 0 Å². The van der Waals surface area contributed by atoms with Crippen molar-refractivity contribution in [2.45, 2.75) is 19.3 Å². The molecule has 76 valence electrons. The van der Waals surface area contributed by atoms with Crippen LogP contribution in [0.2, 0.25) is 0 Å². The molecule has 1 fully saturated rings. The normalized spacial score (nSPS) is 18.1. The second-order valence-corrected chi connectivity index (χ2v) is 4.09. The summed E-state index contributed by atoms with van der Waals surface area (Å²) < 4.78 is 0. The summed E-state index contributed by atoms with van der Waals surface area (Å²) in [6, 6.07) is -0.0108. The number of nitrogens with two attached hydrogens (primary N) is 1. The zero-order chi connectivity index (χ0) is 9.90. The molecule has 3 N–H and O–H groups in total. The Morgan fingerprint density at radius 1 is 1.54 bits per heavy atom. The third kappa shape index (κ3) is 2.88. The number of hydrogen-bond acceptors (Lipinski definition) is 2. The van der Waals surface area contributed by atoms with Gasteiger partial charge in [-0.3, -0.25) is 0 Å². The third-order valence-electron chi connectivity index (χ3n) is 2.65. The molecule has 0 atom stereocenters. The van der Waals surface area contributed by atoms with E-state index in [1.807, 2.05) is 0 Å². The summed E-state index contributed by atoms with van der Waals surface area (Å²) in [6.07, 6.45) is 3.44. The zero-order valence-electron chi connectivity index (χ0n) is 8.47. The Balaban J connectivity index is 2.22. The van der Waals surface area contributed by atoms with Crippen molar-refractivity contribution >= 4 is 6.03 Å². The lowest BCUT2D eigenvalue weighted by Crippen LogP contribution is -2.38. The van der Waals surface area contributed by atoms with Gasteiger partial charge in [-0.25, -0.2) is 4.79 Å². The van der Waals surface area contributed by atoms with E-state index >= 15 is 0 Å². The lowest BCUT2D eigenvalue weighted by molar-refractivity contribution is 0.214. The molecule has 0 spiro atoms. The summed E-state index contributed by atoms with van der Waals surface area (Å²) in [5, 5.41) is 2.90. The molecule has 4 heteroatoms. The van der Waals surface area contributed by atoms with Crippen molar-refractivity contribution in [3.05, 3.63) is 0 Å². The fourth-order valence-electron chi connectivity index (χ4n) is 1.42. The lowest BCUT2D eigenvalue weighted by Gasteiger charge is -2.17. The minimum atomic E-state index is -0.0108. The number of hydrogen-bond donors (Lipinski definition) is 2. The first-order valence-electron chi connectivity index (χ1n) is 4.75. The number of carbonyl (C=O) groups excluding carboxylic acids is 1. The molecule has 1 aliphatic carbocycles. The van der Waals surface area contributed by atoms with E-state index in [1.54, 1.807) is 19.0 Å². The van der Waals surface area contributed by atoms with Gasteiger partial charge in [-0.15, -0.1) is 0 Å². The van der Waals surface area contributed by atoms with Crippen LogP contribution in [-0.2, 0) is 0 Å². The number of rotatable bonds is 4. The van der Waals surface area contributed by atoms with Gasteiger partial charge < -0.3 is 16.0 Å². The molecule has 1 saturated carbocycles. The first-order chi connectivity index (χ1) is 6.09. The van der Waals surface area contributed by atoms with Gasteiger partial charge in [-0.1, -0.05) is 0 Å². The monoisotopic (exact) mass is 185 g/mol. The summed E-state index contributed by atoms with van der Waals surface area (Å²) in [6.45, 7) is 1.50. The Labute approximate surface area is 79.5 Å². The molecule has 0 saturated heterocycles. The maximum Gasteiger partial charge on any atom is 0.316 e. The van der Waals surface area contributed by atoms with Crippen LogP contribution in [0.15, 0.2) is 0 Å². The maximum atomic E-state index is 11.2. The maximum absolute atomic E-state index is 11.2. The van der Waals surface area contributed by atoms with E-state index in [4.69, 9.17) is 5.73 Å². The van der Waals surface area contributed by atoms with Crippen LogP contribution < -0.4 is 11.1 Å². The molecular weight excluding hydrogens is 166 g/mol. The van der Waals surface area contributed by atoms with Crippen LogP contribution in [0, 0.1) is 5.41 Å². The van der Waals surface area contributed by atoms with Gasteiger partial charge in [0.05, 0.1) is 0 Å². The molecule has 4 nitrogen and oxygen atoms in total.